The fourth-order valence-corrected chi connectivity index (χ4v) is 2.79. The van der Waals surface area contributed by atoms with Crippen molar-refractivity contribution in [3.63, 3.8) is 0 Å². The molecule has 6 heteroatoms. The third-order valence-electron chi connectivity index (χ3n) is 4.08. The quantitative estimate of drug-likeness (QED) is 0.479. The maximum absolute atomic E-state index is 13.0. The van der Waals surface area contributed by atoms with Crippen LogP contribution in [0.15, 0.2) is 48.0 Å². The first kappa shape index (κ1) is 16.7. The van der Waals surface area contributed by atoms with Crippen LogP contribution >= 0.6 is 0 Å². The fourth-order valence-electron chi connectivity index (χ4n) is 2.79. The predicted molar refractivity (Wildman–Crippen MR) is 93.1 cm³/mol. The summed E-state index contributed by atoms with van der Waals surface area (Å²) in [6, 6.07) is 11.2. The van der Waals surface area contributed by atoms with Gasteiger partial charge in [0.05, 0.1) is 17.6 Å². The van der Waals surface area contributed by atoms with Gasteiger partial charge in [-0.15, -0.1) is 0 Å². The predicted octanol–water partition coefficient (Wildman–Crippen LogP) is 4.04. The van der Waals surface area contributed by atoms with E-state index in [2.05, 4.69) is 0 Å². The van der Waals surface area contributed by atoms with Gasteiger partial charge in [-0.3, -0.25) is 14.9 Å². The van der Waals surface area contributed by atoms with Crippen molar-refractivity contribution >= 4 is 17.5 Å². The number of hydrogen-bond acceptors (Lipinski definition) is 5. The number of carbonyl (C=O) groups is 1. The van der Waals surface area contributed by atoms with E-state index in [1.807, 2.05) is 0 Å². The van der Waals surface area contributed by atoms with Crippen molar-refractivity contribution in [1.82, 2.24) is 0 Å². The highest BCUT2D eigenvalue weighted by Crippen LogP contribution is 2.39. The number of rotatable bonds is 3. The van der Waals surface area contributed by atoms with Gasteiger partial charge in [0.1, 0.15) is 17.1 Å². The number of fused-ring (bicyclic) bond motifs is 1. The molecule has 0 bridgehead atoms. The summed E-state index contributed by atoms with van der Waals surface area (Å²) < 4.78 is 11.1. The van der Waals surface area contributed by atoms with Crippen LogP contribution in [-0.4, -0.2) is 23.4 Å². The Morgan fingerprint density at radius 2 is 1.96 bits per heavy atom. The number of ether oxygens (including phenoxy) is 2. The number of non-ortho nitro benzene ring substituents is 1. The first-order chi connectivity index (χ1) is 11.8. The van der Waals surface area contributed by atoms with Crippen molar-refractivity contribution in [2.45, 2.75) is 19.4 Å². The molecule has 2 aromatic carbocycles. The highest BCUT2D eigenvalue weighted by atomic mass is 16.6. The van der Waals surface area contributed by atoms with Crippen molar-refractivity contribution in [2.24, 2.45) is 0 Å². The molecule has 1 aliphatic heterocycles. The molecule has 6 nitrogen and oxygen atoms in total. The third-order valence-corrected chi connectivity index (χ3v) is 4.08. The first-order valence-corrected chi connectivity index (χ1v) is 7.70. The number of nitro groups is 1. The number of Topliss-reactive ketones (excluding diaryl/α,β-unsaturated/α-hetero) is 1. The van der Waals surface area contributed by atoms with Gasteiger partial charge >= 0.3 is 0 Å². The van der Waals surface area contributed by atoms with Crippen molar-refractivity contribution in [1.29, 1.82) is 0 Å². The van der Waals surface area contributed by atoms with E-state index in [1.54, 1.807) is 50.3 Å². The summed E-state index contributed by atoms with van der Waals surface area (Å²) in [4.78, 5) is 23.5. The lowest BCUT2D eigenvalue weighted by molar-refractivity contribution is -0.384. The van der Waals surface area contributed by atoms with Gasteiger partial charge in [0, 0.05) is 17.7 Å². The molecule has 0 atom stereocenters. The molecular formula is C19H17NO5. The molecule has 0 saturated heterocycles. The first-order valence-electron chi connectivity index (χ1n) is 7.70. The van der Waals surface area contributed by atoms with Gasteiger partial charge in [-0.25, -0.2) is 0 Å². The van der Waals surface area contributed by atoms with Crippen LogP contribution in [0.4, 0.5) is 5.69 Å². The lowest BCUT2D eigenvalue weighted by Crippen LogP contribution is -2.38. The molecule has 0 radical (unpaired) electrons. The van der Waals surface area contributed by atoms with E-state index < -0.39 is 10.5 Å². The Bertz CT molecular complexity index is 898. The number of hydrogen-bond donors (Lipinski definition) is 0. The van der Waals surface area contributed by atoms with Crippen molar-refractivity contribution in [3.05, 3.63) is 69.3 Å². The maximum Gasteiger partial charge on any atom is 0.270 e. The second kappa shape index (κ2) is 6.05. The normalized spacial score (nSPS) is 16.9. The number of ketones is 1. The Hall–Kier alpha value is -3.15. The number of benzene rings is 2. The van der Waals surface area contributed by atoms with Crippen LogP contribution < -0.4 is 9.47 Å². The topological polar surface area (TPSA) is 78.7 Å². The van der Waals surface area contributed by atoms with E-state index in [9.17, 15) is 14.9 Å². The van der Waals surface area contributed by atoms with Crippen LogP contribution in [0.3, 0.4) is 0 Å². The van der Waals surface area contributed by atoms with Crippen LogP contribution in [0.2, 0.25) is 0 Å². The molecule has 0 saturated carbocycles. The number of nitrogens with zero attached hydrogens (tertiary/aromatic N) is 1. The van der Waals surface area contributed by atoms with Gasteiger partial charge < -0.3 is 9.47 Å². The van der Waals surface area contributed by atoms with Crippen LogP contribution in [0.1, 0.15) is 29.8 Å². The SMILES string of the molecule is COc1ccc2c(c1)C(=O)C(=Cc1cccc([N+](=O)[O-])c1)C(C)(C)O2. The van der Waals surface area contributed by atoms with Crippen molar-refractivity contribution < 1.29 is 19.2 Å². The highest BCUT2D eigenvalue weighted by molar-refractivity contribution is 6.15. The molecule has 1 heterocycles. The van der Waals surface area contributed by atoms with Gasteiger partial charge in [-0.2, -0.15) is 0 Å². The third kappa shape index (κ3) is 3.10. The minimum Gasteiger partial charge on any atom is -0.497 e. The Kier molecular flexibility index (Phi) is 4.04. The van der Waals surface area contributed by atoms with Gasteiger partial charge in [-0.05, 0) is 43.7 Å². The lowest BCUT2D eigenvalue weighted by atomic mass is 9.85. The lowest BCUT2D eigenvalue weighted by Gasteiger charge is -2.34. The van der Waals surface area contributed by atoms with Crippen LogP contribution in [0.5, 0.6) is 11.5 Å². The zero-order valence-corrected chi connectivity index (χ0v) is 14.1. The van der Waals surface area contributed by atoms with E-state index in [0.717, 1.165) is 0 Å². The molecule has 0 aliphatic carbocycles. The summed E-state index contributed by atoms with van der Waals surface area (Å²) in [6.45, 7) is 3.59. The van der Waals surface area contributed by atoms with E-state index >= 15 is 0 Å². The van der Waals surface area contributed by atoms with E-state index in [0.29, 0.717) is 28.2 Å². The van der Waals surface area contributed by atoms with Crippen LogP contribution in [0.25, 0.3) is 6.08 Å². The largest absolute Gasteiger partial charge is 0.497 e. The molecule has 25 heavy (non-hydrogen) atoms. The molecule has 0 unspecified atom stereocenters. The van der Waals surface area contributed by atoms with Gasteiger partial charge in [0.2, 0.25) is 0 Å². The molecule has 0 amide bonds. The summed E-state index contributed by atoms with van der Waals surface area (Å²) in [5.41, 5.74) is 0.520. The van der Waals surface area contributed by atoms with Crippen molar-refractivity contribution in [2.75, 3.05) is 7.11 Å². The molecule has 3 rings (SSSR count). The van der Waals surface area contributed by atoms with E-state index in [1.165, 1.54) is 19.2 Å². The zero-order valence-electron chi connectivity index (χ0n) is 14.1. The van der Waals surface area contributed by atoms with Gasteiger partial charge in [0.15, 0.2) is 5.78 Å². The number of methoxy groups -OCH3 is 1. The Balaban J connectivity index is 2.10. The minimum absolute atomic E-state index is 0.0293. The zero-order chi connectivity index (χ0) is 18.2. The molecule has 128 valence electrons. The summed E-state index contributed by atoms with van der Waals surface area (Å²) >= 11 is 0. The number of carbonyl (C=O) groups excluding carboxylic acids is 1. The monoisotopic (exact) mass is 339 g/mol. The second-order valence-corrected chi connectivity index (χ2v) is 6.21. The molecule has 0 aromatic heterocycles. The summed E-state index contributed by atoms with van der Waals surface area (Å²) in [7, 11) is 1.53. The van der Waals surface area contributed by atoms with Gasteiger partial charge in [0.25, 0.3) is 5.69 Å². The number of nitro benzene ring substituents is 1. The summed E-state index contributed by atoms with van der Waals surface area (Å²) in [5.74, 6) is 0.869. The fraction of sp³-hybridized carbons (Fsp3) is 0.211. The average molecular weight is 339 g/mol. The highest BCUT2D eigenvalue weighted by Gasteiger charge is 2.38. The Morgan fingerprint density at radius 3 is 2.64 bits per heavy atom. The molecule has 1 aliphatic rings. The molecular weight excluding hydrogens is 322 g/mol. The summed E-state index contributed by atoms with van der Waals surface area (Å²) in [5, 5.41) is 11.0. The minimum atomic E-state index is -0.858. The maximum atomic E-state index is 13.0. The van der Waals surface area contributed by atoms with Crippen LogP contribution in [-0.2, 0) is 0 Å². The smallest absolute Gasteiger partial charge is 0.270 e. The standard InChI is InChI=1S/C19H17NO5/c1-19(2)16(10-12-5-4-6-13(9-12)20(22)23)18(21)15-11-14(24-3)7-8-17(15)25-19/h4-11H,1-3H3. The van der Waals surface area contributed by atoms with E-state index in [4.69, 9.17) is 9.47 Å². The Morgan fingerprint density at radius 1 is 1.20 bits per heavy atom. The van der Waals surface area contributed by atoms with Crippen molar-refractivity contribution in [3.8, 4) is 11.5 Å². The van der Waals surface area contributed by atoms with Gasteiger partial charge in [-0.1, -0.05) is 12.1 Å². The molecule has 0 fully saturated rings. The summed E-state index contributed by atoms with van der Waals surface area (Å²) in [6.07, 6.45) is 1.64. The molecule has 0 N–H and O–H groups in total. The Labute approximate surface area is 144 Å². The van der Waals surface area contributed by atoms with E-state index in [-0.39, 0.29) is 11.5 Å². The molecule has 0 spiro atoms. The van der Waals surface area contributed by atoms with Crippen LogP contribution in [0, 0.1) is 10.1 Å². The average Bonchev–Trinajstić information content (AvgIpc) is 2.58. The second-order valence-electron chi connectivity index (χ2n) is 6.21. The molecule has 2 aromatic rings.